The lowest BCUT2D eigenvalue weighted by Gasteiger charge is -2.19. The summed E-state index contributed by atoms with van der Waals surface area (Å²) >= 11 is 0. The van der Waals surface area contributed by atoms with E-state index >= 15 is 0 Å². The predicted molar refractivity (Wildman–Crippen MR) is 71.8 cm³/mol. The van der Waals surface area contributed by atoms with Crippen molar-refractivity contribution in [2.75, 3.05) is 6.54 Å². The summed E-state index contributed by atoms with van der Waals surface area (Å²) in [4.78, 5) is 0. The lowest BCUT2D eigenvalue weighted by Crippen LogP contribution is -2.31. The van der Waals surface area contributed by atoms with Gasteiger partial charge < -0.3 is 10.1 Å². The van der Waals surface area contributed by atoms with Crippen molar-refractivity contribution in [3.63, 3.8) is 0 Å². The van der Waals surface area contributed by atoms with Gasteiger partial charge in [-0.2, -0.15) is 0 Å². The van der Waals surface area contributed by atoms with Crippen LogP contribution >= 0.6 is 0 Å². The highest BCUT2D eigenvalue weighted by atomic mass is 16.5. The Morgan fingerprint density at radius 2 is 1.76 bits per heavy atom. The fourth-order valence-electron chi connectivity index (χ4n) is 2.43. The highest BCUT2D eigenvalue weighted by molar-refractivity contribution is 5.41. The number of nitrogens with one attached hydrogen (secondary N) is 1. The maximum atomic E-state index is 6.12. The highest BCUT2D eigenvalue weighted by Gasteiger charge is 2.31. The lowest BCUT2D eigenvalue weighted by atomic mass is 10.0. The summed E-state index contributed by atoms with van der Waals surface area (Å²) in [5, 5.41) is 3.49. The molecule has 0 aliphatic carbocycles. The van der Waals surface area contributed by atoms with E-state index < -0.39 is 0 Å². The molecule has 2 rings (SSSR count). The molecule has 94 valence electrons. The van der Waals surface area contributed by atoms with E-state index in [2.05, 4.69) is 52.1 Å². The number of benzene rings is 1. The first-order chi connectivity index (χ1) is 7.87. The Balaban J connectivity index is 2.12. The molecule has 0 spiro atoms. The first-order valence-electron chi connectivity index (χ1n) is 6.37. The molecule has 1 saturated heterocycles. The molecular formula is C15H23NO. The Labute approximate surface area is 104 Å². The van der Waals surface area contributed by atoms with Crippen LogP contribution in [0.1, 0.15) is 37.0 Å². The van der Waals surface area contributed by atoms with Gasteiger partial charge in [-0.05, 0) is 57.4 Å². The summed E-state index contributed by atoms with van der Waals surface area (Å²) in [5.74, 6) is 1.04. The minimum absolute atomic E-state index is 0.207. The van der Waals surface area contributed by atoms with Crippen molar-refractivity contribution >= 4 is 0 Å². The monoisotopic (exact) mass is 233 g/mol. The molecule has 0 saturated carbocycles. The molecule has 1 unspecified atom stereocenters. The Bertz CT molecular complexity index is 423. The first kappa shape index (κ1) is 12.4. The van der Waals surface area contributed by atoms with Crippen molar-refractivity contribution in [1.29, 1.82) is 0 Å². The predicted octanol–water partition coefficient (Wildman–Crippen LogP) is 3.13. The molecule has 0 amide bonds. The van der Waals surface area contributed by atoms with Crippen LogP contribution in [0.5, 0.6) is 5.75 Å². The van der Waals surface area contributed by atoms with E-state index in [-0.39, 0.29) is 5.54 Å². The molecule has 1 aliphatic rings. The van der Waals surface area contributed by atoms with Gasteiger partial charge in [-0.1, -0.05) is 6.07 Å². The van der Waals surface area contributed by atoms with E-state index in [0.717, 1.165) is 18.7 Å². The standard InChI is InChI=1S/C15H23NO/c1-10-6-12(3)14(7-11(10)2)17-13-8-15(4,5)16-9-13/h6-7,13,16H,8-9H2,1-5H3. The van der Waals surface area contributed by atoms with Crippen LogP contribution in [0.15, 0.2) is 12.1 Å². The van der Waals surface area contributed by atoms with E-state index in [0.29, 0.717) is 6.10 Å². The molecule has 1 fully saturated rings. The third-order valence-electron chi connectivity index (χ3n) is 3.63. The van der Waals surface area contributed by atoms with Gasteiger partial charge in [0, 0.05) is 18.5 Å². The maximum absolute atomic E-state index is 6.12. The lowest BCUT2D eigenvalue weighted by molar-refractivity contribution is 0.213. The van der Waals surface area contributed by atoms with Gasteiger partial charge in [0.25, 0.3) is 0 Å². The van der Waals surface area contributed by atoms with Gasteiger partial charge in [0.05, 0.1) is 0 Å². The largest absolute Gasteiger partial charge is 0.489 e. The van der Waals surface area contributed by atoms with E-state index in [1.54, 1.807) is 0 Å². The third-order valence-corrected chi connectivity index (χ3v) is 3.63. The smallest absolute Gasteiger partial charge is 0.122 e. The molecule has 0 radical (unpaired) electrons. The van der Waals surface area contributed by atoms with Crippen molar-refractivity contribution in [1.82, 2.24) is 5.32 Å². The van der Waals surface area contributed by atoms with Crippen LogP contribution in [0.25, 0.3) is 0 Å². The molecule has 17 heavy (non-hydrogen) atoms. The molecule has 1 aromatic carbocycles. The van der Waals surface area contributed by atoms with Crippen molar-refractivity contribution in [3.05, 3.63) is 28.8 Å². The van der Waals surface area contributed by atoms with Crippen LogP contribution in [0.4, 0.5) is 0 Å². The van der Waals surface area contributed by atoms with Crippen molar-refractivity contribution in [2.24, 2.45) is 0 Å². The van der Waals surface area contributed by atoms with E-state index in [4.69, 9.17) is 4.74 Å². The zero-order chi connectivity index (χ0) is 12.6. The quantitative estimate of drug-likeness (QED) is 0.847. The van der Waals surface area contributed by atoms with E-state index in [9.17, 15) is 0 Å². The molecule has 0 bridgehead atoms. The summed E-state index contributed by atoms with van der Waals surface area (Å²) in [6, 6.07) is 4.37. The highest BCUT2D eigenvalue weighted by Crippen LogP contribution is 2.27. The molecule has 1 atom stereocenters. The number of hydrogen-bond acceptors (Lipinski definition) is 2. The maximum Gasteiger partial charge on any atom is 0.122 e. The summed E-state index contributed by atoms with van der Waals surface area (Å²) in [6.07, 6.45) is 1.37. The van der Waals surface area contributed by atoms with Crippen molar-refractivity contribution in [2.45, 2.75) is 52.7 Å². The Morgan fingerprint density at radius 1 is 1.12 bits per heavy atom. The fourth-order valence-corrected chi connectivity index (χ4v) is 2.43. The van der Waals surface area contributed by atoms with Crippen LogP contribution < -0.4 is 10.1 Å². The van der Waals surface area contributed by atoms with E-state index in [1.165, 1.54) is 16.7 Å². The molecule has 1 heterocycles. The average Bonchev–Trinajstić information content (AvgIpc) is 2.54. The summed E-state index contributed by atoms with van der Waals surface area (Å²) < 4.78 is 6.12. The van der Waals surface area contributed by atoms with Gasteiger partial charge in [-0.15, -0.1) is 0 Å². The van der Waals surface area contributed by atoms with Crippen LogP contribution in [-0.4, -0.2) is 18.2 Å². The fraction of sp³-hybridized carbons (Fsp3) is 0.600. The van der Waals surface area contributed by atoms with Gasteiger partial charge >= 0.3 is 0 Å². The molecule has 1 aromatic rings. The van der Waals surface area contributed by atoms with Gasteiger partial charge in [-0.25, -0.2) is 0 Å². The molecule has 2 heteroatoms. The number of hydrogen-bond donors (Lipinski definition) is 1. The molecule has 0 aromatic heterocycles. The van der Waals surface area contributed by atoms with Crippen LogP contribution in [0.2, 0.25) is 0 Å². The Kier molecular flexibility index (Phi) is 3.17. The van der Waals surface area contributed by atoms with Crippen LogP contribution in [0, 0.1) is 20.8 Å². The summed E-state index contributed by atoms with van der Waals surface area (Å²) in [5.41, 5.74) is 4.08. The minimum Gasteiger partial charge on any atom is -0.489 e. The first-order valence-corrected chi connectivity index (χ1v) is 6.37. The summed E-state index contributed by atoms with van der Waals surface area (Å²) in [6.45, 7) is 11.8. The van der Waals surface area contributed by atoms with Crippen molar-refractivity contribution in [3.8, 4) is 5.75 Å². The second-order valence-corrected chi connectivity index (χ2v) is 5.91. The normalized spacial score (nSPS) is 22.8. The zero-order valence-corrected chi connectivity index (χ0v) is 11.6. The van der Waals surface area contributed by atoms with E-state index in [1.807, 2.05) is 0 Å². The summed E-state index contributed by atoms with van der Waals surface area (Å²) in [7, 11) is 0. The number of rotatable bonds is 2. The minimum atomic E-state index is 0.207. The number of ether oxygens (including phenoxy) is 1. The number of aryl methyl sites for hydroxylation is 3. The third kappa shape index (κ3) is 2.81. The molecule has 2 nitrogen and oxygen atoms in total. The molecule has 1 N–H and O–H groups in total. The van der Waals surface area contributed by atoms with Gasteiger partial charge in [0.15, 0.2) is 0 Å². The Hall–Kier alpha value is -1.02. The van der Waals surface area contributed by atoms with Crippen LogP contribution in [0.3, 0.4) is 0 Å². The molecular weight excluding hydrogens is 210 g/mol. The van der Waals surface area contributed by atoms with Gasteiger partial charge in [-0.3, -0.25) is 0 Å². The van der Waals surface area contributed by atoms with Crippen LogP contribution in [-0.2, 0) is 0 Å². The zero-order valence-electron chi connectivity index (χ0n) is 11.6. The second-order valence-electron chi connectivity index (χ2n) is 5.91. The van der Waals surface area contributed by atoms with Crippen molar-refractivity contribution < 1.29 is 4.74 Å². The van der Waals surface area contributed by atoms with Gasteiger partial charge in [0.2, 0.25) is 0 Å². The second kappa shape index (κ2) is 4.34. The van der Waals surface area contributed by atoms with Gasteiger partial charge in [0.1, 0.15) is 11.9 Å². The topological polar surface area (TPSA) is 21.3 Å². The molecule has 1 aliphatic heterocycles. The average molecular weight is 233 g/mol. The Morgan fingerprint density at radius 3 is 2.35 bits per heavy atom. The SMILES string of the molecule is Cc1cc(C)c(OC2CNC(C)(C)C2)cc1C.